The molecular weight excluding hydrogens is 335 g/mol. The number of aromatic hydroxyl groups is 1. The first kappa shape index (κ1) is 19.2. The van der Waals surface area contributed by atoms with Crippen LogP contribution in [0.5, 0.6) is 5.75 Å². The van der Waals surface area contributed by atoms with Crippen molar-refractivity contribution in [3.8, 4) is 5.75 Å². The van der Waals surface area contributed by atoms with Gasteiger partial charge in [0.2, 0.25) is 0 Å². The standard InChI is InChI=1S/C19H23FN4O2/c1-2-21-19(24-13-14-7-3-5-9-16(14)20)23-12-11-22-18(26)15-8-4-6-10-17(15)25/h3-10,25H,2,11-13H2,1H3,(H,22,26)(H2,21,23,24). The molecule has 0 heterocycles. The van der Waals surface area contributed by atoms with E-state index in [1.807, 2.05) is 6.92 Å². The summed E-state index contributed by atoms with van der Waals surface area (Å²) in [5, 5.41) is 18.5. The lowest BCUT2D eigenvalue weighted by Crippen LogP contribution is -2.41. The van der Waals surface area contributed by atoms with Gasteiger partial charge in [-0.15, -0.1) is 0 Å². The number of rotatable bonds is 7. The molecule has 0 saturated carbocycles. The van der Waals surface area contributed by atoms with Gasteiger partial charge in [-0.05, 0) is 25.1 Å². The van der Waals surface area contributed by atoms with E-state index in [1.165, 1.54) is 12.1 Å². The van der Waals surface area contributed by atoms with Gasteiger partial charge >= 0.3 is 0 Å². The van der Waals surface area contributed by atoms with E-state index >= 15 is 0 Å². The maximum absolute atomic E-state index is 13.6. The van der Waals surface area contributed by atoms with Gasteiger partial charge in [0.05, 0.1) is 12.1 Å². The van der Waals surface area contributed by atoms with Crippen molar-refractivity contribution in [3.63, 3.8) is 0 Å². The Kier molecular flexibility index (Phi) is 7.42. The van der Waals surface area contributed by atoms with Crippen LogP contribution in [0.25, 0.3) is 0 Å². The topological polar surface area (TPSA) is 85.8 Å². The van der Waals surface area contributed by atoms with Crippen molar-refractivity contribution in [2.45, 2.75) is 13.5 Å². The molecule has 1 amide bonds. The summed E-state index contributed by atoms with van der Waals surface area (Å²) in [4.78, 5) is 16.3. The lowest BCUT2D eigenvalue weighted by atomic mass is 10.2. The van der Waals surface area contributed by atoms with E-state index in [2.05, 4.69) is 20.9 Å². The summed E-state index contributed by atoms with van der Waals surface area (Å²) in [5.74, 6) is -0.162. The molecule has 4 N–H and O–H groups in total. The molecule has 2 aromatic rings. The molecule has 0 fully saturated rings. The summed E-state index contributed by atoms with van der Waals surface area (Å²) in [6.07, 6.45) is 0. The molecule has 0 saturated heterocycles. The number of nitrogens with one attached hydrogen (secondary N) is 3. The maximum atomic E-state index is 13.6. The van der Waals surface area contributed by atoms with E-state index in [1.54, 1.807) is 36.4 Å². The van der Waals surface area contributed by atoms with Crippen molar-refractivity contribution in [2.75, 3.05) is 19.6 Å². The third-order valence-corrected chi connectivity index (χ3v) is 3.56. The molecule has 26 heavy (non-hydrogen) atoms. The van der Waals surface area contributed by atoms with Crippen LogP contribution in [0, 0.1) is 5.82 Å². The number of amides is 1. The van der Waals surface area contributed by atoms with Gasteiger partial charge in [0.15, 0.2) is 5.96 Å². The summed E-state index contributed by atoms with van der Waals surface area (Å²) in [7, 11) is 0. The van der Waals surface area contributed by atoms with Gasteiger partial charge in [0, 0.05) is 25.2 Å². The highest BCUT2D eigenvalue weighted by atomic mass is 19.1. The number of hydrogen-bond donors (Lipinski definition) is 4. The zero-order chi connectivity index (χ0) is 18.8. The molecule has 0 aliphatic heterocycles. The fourth-order valence-corrected chi connectivity index (χ4v) is 2.25. The monoisotopic (exact) mass is 358 g/mol. The first-order valence-electron chi connectivity index (χ1n) is 8.43. The molecule has 0 spiro atoms. The smallest absolute Gasteiger partial charge is 0.255 e. The number of halogens is 1. The van der Waals surface area contributed by atoms with Crippen molar-refractivity contribution < 1.29 is 14.3 Å². The van der Waals surface area contributed by atoms with E-state index in [9.17, 15) is 14.3 Å². The first-order chi connectivity index (χ1) is 12.6. The minimum Gasteiger partial charge on any atom is -0.507 e. The Morgan fingerprint density at radius 1 is 1.04 bits per heavy atom. The van der Waals surface area contributed by atoms with E-state index in [0.717, 1.165) is 0 Å². The Morgan fingerprint density at radius 3 is 2.46 bits per heavy atom. The fraction of sp³-hybridized carbons (Fsp3) is 0.263. The molecular formula is C19H23FN4O2. The molecule has 0 radical (unpaired) electrons. The third-order valence-electron chi connectivity index (χ3n) is 3.56. The minimum absolute atomic E-state index is 0.0576. The van der Waals surface area contributed by atoms with Crippen LogP contribution in [0.3, 0.4) is 0 Å². The van der Waals surface area contributed by atoms with Crippen molar-refractivity contribution in [3.05, 3.63) is 65.5 Å². The second kappa shape index (κ2) is 10.0. The molecule has 138 valence electrons. The molecule has 0 unspecified atom stereocenters. The van der Waals surface area contributed by atoms with E-state index in [4.69, 9.17) is 0 Å². The molecule has 2 aromatic carbocycles. The van der Waals surface area contributed by atoms with Gasteiger partial charge in [-0.1, -0.05) is 30.3 Å². The normalized spacial score (nSPS) is 11.1. The van der Waals surface area contributed by atoms with Crippen LogP contribution >= 0.6 is 0 Å². The third kappa shape index (κ3) is 5.77. The average Bonchev–Trinajstić information content (AvgIpc) is 2.64. The van der Waals surface area contributed by atoms with Crippen LogP contribution in [-0.2, 0) is 6.54 Å². The number of hydrogen-bond acceptors (Lipinski definition) is 3. The van der Waals surface area contributed by atoms with Gasteiger partial charge < -0.3 is 21.1 Å². The number of carbonyl (C=O) groups excluding carboxylic acids is 1. The zero-order valence-electron chi connectivity index (χ0n) is 14.6. The van der Waals surface area contributed by atoms with Crippen LogP contribution in [0.15, 0.2) is 53.5 Å². The van der Waals surface area contributed by atoms with Crippen molar-refractivity contribution in [1.29, 1.82) is 0 Å². The second-order valence-electron chi connectivity index (χ2n) is 5.49. The highest BCUT2D eigenvalue weighted by Crippen LogP contribution is 2.14. The van der Waals surface area contributed by atoms with Crippen LogP contribution in [0.1, 0.15) is 22.8 Å². The lowest BCUT2D eigenvalue weighted by Gasteiger charge is -2.12. The Morgan fingerprint density at radius 2 is 1.73 bits per heavy atom. The van der Waals surface area contributed by atoms with Crippen molar-refractivity contribution in [2.24, 2.45) is 4.99 Å². The first-order valence-corrected chi connectivity index (χ1v) is 8.43. The number of nitrogens with zero attached hydrogens (tertiary/aromatic N) is 1. The van der Waals surface area contributed by atoms with Crippen molar-refractivity contribution >= 4 is 11.9 Å². The highest BCUT2D eigenvalue weighted by molar-refractivity contribution is 5.96. The van der Waals surface area contributed by atoms with Gasteiger partial charge in [-0.25, -0.2) is 9.38 Å². The molecule has 0 atom stereocenters. The number of benzene rings is 2. The summed E-state index contributed by atoms with van der Waals surface area (Å²) in [6.45, 7) is 3.58. The number of phenolic OH excluding ortho intramolecular Hbond substituents is 1. The zero-order valence-corrected chi connectivity index (χ0v) is 14.6. The molecule has 0 aromatic heterocycles. The molecule has 2 rings (SSSR count). The van der Waals surface area contributed by atoms with Gasteiger partial charge in [-0.3, -0.25) is 4.79 Å². The van der Waals surface area contributed by atoms with E-state index < -0.39 is 0 Å². The summed E-state index contributed by atoms with van der Waals surface area (Å²) in [6, 6.07) is 12.9. The van der Waals surface area contributed by atoms with Crippen LogP contribution in [0.2, 0.25) is 0 Å². The van der Waals surface area contributed by atoms with E-state index in [0.29, 0.717) is 31.2 Å². The lowest BCUT2D eigenvalue weighted by molar-refractivity contribution is 0.0951. The quantitative estimate of drug-likeness (QED) is 0.347. The predicted molar refractivity (Wildman–Crippen MR) is 99.7 cm³/mol. The minimum atomic E-state index is -0.349. The molecule has 6 nitrogen and oxygen atoms in total. The summed E-state index contributed by atoms with van der Waals surface area (Å²) in [5.41, 5.74) is 0.741. The summed E-state index contributed by atoms with van der Waals surface area (Å²) >= 11 is 0. The number of phenols is 1. The average molecular weight is 358 g/mol. The van der Waals surface area contributed by atoms with Gasteiger partial charge in [-0.2, -0.15) is 0 Å². The fourth-order valence-electron chi connectivity index (χ4n) is 2.25. The van der Waals surface area contributed by atoms with Gasteiger partial charge in [0.25, 0.3) is 5.91 Å². The predicted octanol–water partition coefficient (Wildman–Crippen LogP) is 2.02. The summed E-state index contributed by atoms with van der Waals surface area (Å²) < 4.78 is 13.6. The van der Waals surface area contributed by atoms with Crippen molar-refractivity contribution in [1.82, 2.24) is 16.0 Å². The Labute approximate surface area is 152 Å². The van der Waals surface area contributed by atoms with E-state index in [-0.39, 0.29) is 29.6 Å². The van der Waals surface area contributed by atoms with Crippen LogP contribution < -0.4 is 16.0 Å². The Bertz CT molecular complexity index is 765. The maximum Gasteiger partial charge on any atom is 0.255 e. The number of carbonyl (C=O) groups is 1. The highest BCUT2D eigenvalue weighted by Gasteiger charge is 2.09. The van der Waals surface area contributed by atoms with Gasteiger partial charge in [0.1, 0.15) is 11.6 Å². The largest absolute Gasteiger partial charge is 0.507 e. The number of guanidine groups is 1. The number of para-hydroxylation sites is 1. The van der Waals surface area contributed by atoms with Crippen LogP contribution in [0.4, 0.5) is 4.39 Å². The molecule has 7 heteroatoms. The number of aliphatic imine (C=N–C) groups is 1. The van der Waals surface area contributed by atoms with Crippen LogP contribution in [-0.4, -0.2) is 36.6 Å². The Balaban J connectivity index is 1.83. The molecule has 0 aliphatic carbocycles. The SMILES string of the molecule is CCNC(=NCc1ccccc1F)NCCNC(=O)c1ccccc1O. The second-order valence-corrected chi connectivity index (χ2v) is 5.49. The molecule has 0 bridgehead atoms. The molecule has 0 aliphatic rings. The Hall–Kier alpha value is -3.09.